The van der Waals surface area contributed by atoms with E-state index in [0.29, 0.717) is 10.8 Å². The first-order valence-electron chi connectivity index (χ1n) is 6.07. The maximum Gasteiger partial charge on any atom is 0.358 e. The van der Waals surface area contributed by atoms with Gasteiger partial charge < -0.3 is 4.74 Å². The molecule has 0 amide bonds. The minimum atomic E-state index is -0.476. The van der Waals surface area contributed by atoms with Gasteiger partial charge in [0.2, 0.25) is 0 Å². The number of aromatic nitrogens is 4. The summed E-state index contributed by atoms with van der Waals surface area (Å²) in [5.74, 6) is 0.0191. The molecule has 0 aliphatic carbocycles. The molecule has 6 nitrogen and oxygen atoms in total. The van der Waals surface area contributed by atoms with Crippen LogP contribution in [0.1, 0.15) is 28.5 Å². The summed E-state index contributed by atoms with van der Waals surface area (Å²) in [5.41, 5.74) is 0.255. The van der Waals surface area contributed by atoms with Gasteiger partial charge in [0.15, 0.2) is 22.6 Å². The van der Waals surface area contributed by atoms with Crippen molar-refractivity contribution in [2.45, 2.75) is 13.0 Å². The number of hydrogen-bond donors (Lipinski definition) is 0. The molecule has 1 atom stereocenters. The van der Waals surface area contributed by atoms with E-state index in [-0.39, 0.29) is 5.69 Å². The molecule has 1 unspecified atom stereocenters. The number of esters is 1. The Balaban J connectivity index is 1.73. The van der Waals surface area contributed by atoms with Crippen LogP contribution in [0, 0.1) is 0 Å². The average molecular weight is 318 g/mol. The number of rotatable bonds is 4. The molecule has 0 radical (unpaired) electrons. The number of nitrogens with zero attached hydrogens (tertiary/aromatic N) is 4. The third kappa shape index (κ3) is 3.11. The first-order chi connectivity index (χ1) is 10.2. The Hall–Kier alpha value is -2.19. The lowest BCUT2D eigenvalue weighted by Crippen LogP contribution is -2.09. The van der Waals surface area contributed by atoms with E-state index in [4.69, 9.17) is 4.74 Å². The van der Waals surface area contributed by atoms with Gasteiger partial charge in [-0.05, 0) is 13.0 Å². The van der Waals surface area contributed by atoms with Gasteiger partial charge in [0, 0.05) is 29.4 Å². The zero-order valence-electron chi connectivity index (χ0n) is 11.0. The summed E-state index contributed by atoms with van der Waals surface area (Å²) < 4.78 is 5.34. The molecule has 3 aromatic heterocycles. The van der Waals surface area contributed by atoms with Gasteiger partial charge in [-0.2, -0.15) is 0 Å². The number of carbonyl (C=O) groups is 1. The highest BCUT2D eigenvalue weighted by molar-refractivity contribution is 7.13. The van der Waals surface area contributed by atoms with E-state index in [2.05, 4.69) is 19.9 Å². The molecule has 106 valence electrons. The number of hydrogen-bond acceptors (Lipinski definition) is 8. The highest BCUT2D eigenvalue weighted by atomic mass is 32.1. The summed E-state index contributed by atoms with van der Waals surface area (Å²) in [6.07, 6.45) is 4.55. The molecule has 0 saturated heterocycles. The minimum Gasteiger partial charge on any atom is -0.451 e. The van der Waals surface area contributed by atoms with Crippen molar-refractivity contribution in [3.8, 4) is 10.8 Å². The molecule has 8 heteroatoms. The van der Waals surface area contributed by atoms with Gasteiger partial charge in [-0.1, -0.05) is 0 Å². The summed E-state index contributed by atoms with van der Waals surface area (Å²) >= 11 is 2.75. The molecule has 0 aliphatic heterocycles. The van der Waals surface area contributed by atoms with E-state index in [9.17, 15) is 4.79 Å². The summed E-state index contributed by atoms with van der Waals surface area (Å²) in [6, 6.07) is 1.72. The molecule has 0 saturated carbocycles. The smallest absolute Gasteiger partial charge is 0.358 e. The molecule has 21 heavy (non-hydrogen) atoms. The highest BCUT2D eigenvalue weighted by Gasteiger charge is 2.19. The molecule has 3 heterocycles. The average Bonchev–Trinajstić information content (AvgIpc) is 3.20. The van der Waals surface area contributed by atoms with E-state index in [1.165, 1.54) is 22.7 Å². The molecule has 0 aliphatic rings. The third-order valence-electron chi connectivity index (χ3n) is 2.55. The summed E-state index contributed by atoms with van der Waals surface area (Å²) in [4.78, 5) is 28.6. The Labute approximate surface area is 128 Å². The van der Waals surface area contributed by atoms with Crippen LogP contribution in [0.4, 0.5) is 0 Å². The van der Waals surface area contributed by atoms with E-state index in [1.807, 2.05) is 5.38 Å². The Bertz CT molecular complexity index is 728. The van der Waals surface area contributed by atoms with Crippen molar-refractivity contribution in [1.82, 2.24) is 19.9 Å². The van der Waals surface area contributed by atoms with E-state index < -0.39 is 12.1 Å². The molecule has 0 N–H and O–H groups in total. The molecule has 3 rings (SSSR count). The number of ether oxygens (including phenoxy) is 1. The summed E-state index contributed by atoms with van der Waals surface area (Å²) in [7, 11) is 0. The zero-order valence-corrected chi connectivity index (χ0v) is 12.6. The van der Waals surface area contributed by atoms with Gasteiger partial charge in [0.25, 0.3) is 0 Å². The van der Waals surface area contributed by atoms with Crippen molar-refractivity contribution in [3.05, 3.63) is 46.1 Å². The van der Waals surface area contributed by atoms with Crippen LogP contribution in [-0.2, 0) is 4.74 Å². The van der Waals surface area contributed by atoms with Crippen LogP contribution >= 0.6 is 22.7 Å². The van der Waals surface area contributed by atoms with Gasteiger partial charge in [0.1, 0.15) is 5.01 Å². The monoisotopic (exact) mass is 318 g/mol. The summed E-state index contributed by atoms with van der Waals surface area (Å²) in [5, 5.41) is 4.82. The van der Waals surface area contributed by atoms with Crippen molar-refractivity contribution < 1.29 is 9.53 Å². The van der Waals surface area contributed by atoms with Crippen LogP contribution in [0.5, 0.6) is 0 Å². The lowest BCUT2D eigenvalue weighted by molar-refractivity contribution is 0.0331. The fraction of sp³-hybridized carbons (Fsp3) is 0.154. The van der Waals surface area contributed by atoms with E-state index in [0.717, 1.165) is 5.01 Å². The number of carbonyl (C=O) groups excluding carboxylic acids is 1. The lowest BCUT2D eigenvalue weighted by Gasteiger charge is -2.08. The first kappa shape index (κ1) is 13.8. The van der Waals surface area contributed by atoms with Gasteiger partial charge >= 0.3 is 5.97 Å². The Kier molecular flexibility index (Phi) is 3.98. The molecule has 0 spiro atoms. The molecular formula is C13H10N4O2S2. The fourth-order valence-corrected chi connectivity index (χ4v) is 2.94. The normalized spacial score (nSPS) is 12.0. The highest BCUT2D eigenvalue weighted by Crippen LogP contribution is 2.23. The predicted molar refractivity (Wildman–Crippen MR) is 79.1 cm³/mol. The summed E-state index contributed by atoms with van der Waals surface area (Å²) in [6.45, 7) is 1.78. The first-order valence-corrected chi connectivity index (χ1v) is 7.83. The number of thiazole rings is 2. The maximum atomic E-state index is 12.1. The van der Waals surface area contributed by atoms with Gasteiger partial charge in [-0.15, -0.1) is 22.7 Å². The zero-order chi connectivity index (χ0) is 14.7. The second kappa shape index (κ2) is 6.06. The van der Waals surface area contributed by atoms with Crippen molar-refractivity contribution in [1.29, 1.82) is 0 Å². The van der Waals surface area contributed by atoms with Crippen molar-refractivity contribution in [2.24, 2.45) is 0 Å². The van der Waals surface area contributed by atoms with Gasteiger partial charge in [-0.3, -0.25) is 0 Å². The van der Waals surface area contributed by atoms with Crippen LogP contribution in [-0.4, -0.2) is 25.9 Å². The molecule has 0 aromatic carbocycles. The quantitative estimate of drug-likeness (QED) is 0.688. The van der Waals surface area contributed by atoms with E-state index >= 15 is 0 Å². The van der Waals surface area contributed by atoms with Crippen LogP contribution < -0.4 is 0 Å². The second-order valence-electron chi connectivity index (χ2n) is 4.03. The Morgan fingerprint density at radius 2 is 2.00 bits per heavy atom. The fourth-order valence-electron chi connectivity index (χ4n) is 1.59. The molecule has 3 aromatic rings. The maximum absolute atomic E-state index is 12.1. The molecule has 0 bridgehead atoms. The van der Waals surface area contributed by atoms with Crippen LogP contribution in [0.3, 0.4) is 0 Å². The SMILES string of the molecule is CC(OC(=O)c1csc(-c2ncccn2)n1)c1nccs1. The third-order valence-corrected chi connectivity index (χ3v) is 4.33. The van der Waals surface area contributed by atoms with Gasteiger partial charge in [-0.25, -0.2) is 24.7 Å². The van der Waals surface area contributed by atoms with Crippen LogP contribution in [0.25, 0.3) is 10.8 Å². The van der Waals surface area contributed by atoms with Crippen LogP contribution in [0.2, 0.25) is 0 Å². The lowest BCUT2D eigenvalue weighted by atomic mass is 10.4. The Morgan fingerprint density at radius 1 is 1.19 bits per heavy atom. The second-order valence-corrected chi connectivity index (χ2v) is 5.81. The minimum absolute atomic E-state index is 0.255. The largest absolute Gasteiger partial charge is 0.451 e. The standard InChI is InChI=1S/C13H10N4O2S2/c1-8(11-16-5-6-20-11)19-13(18)9-7-21-12(17-9)10-14-3-2-4-15-10/h2-8H,1H3. The van der Waals surface area contributed by atoms with Crippen molar-refractivity contribution in [2.75, 3.05) is 0 Å². The molecular weight excluding hydrogens is 308 g/mol. The Morgan fingerprint density at radius 3 is 2.71 bits per heavy atom. The predicted octanol–water partition coefficient (Wildman–Crippen LogP) is 2.97. The topological polar surface area (TPSA) is 77.9 Å². The van der Waals surface area contributed by atoms with Crippen molar-refractivity contribution in [3.63, 3.8) is 0 Å². The van der Waals surface area contributed by atoms with Crippen LogP contribution in [0.15, 0.2) is 35.4 Å². The van der Waals surface area contributed by atoms with Crippen molar-refractivity contribution >= 4 is 28.6 Å². The van der Waals surface area contributed by atoms with Gasteiger partial charge in [0.05, 0.1) is 0 Å². The molecule has 0 fully saturated rings. The van der Waals surface area contributed by atoms with E-state index in [1.54, 1.807) is 37.0 Å².